The Labute approximate surface area is 144 Å². The van der Waals surface area contributed by atoms with Crippen LogP contribution in [0, 0.1) is 10.1 Å². The number of hydrogen-bond acceptors (Lipinski definition) is 6. The highest BCUT2D eigenvalue weighted by molar-refractivity contribution is 7.22. The molecule has 0 N–H and O–H groups in total. The molecule has 0 radical (unpaired) electrons. The van der Waals surface area contributed by atoms with Gasteiger partial charge in [0.25, 0.3) is 0 Å². The first-order valence-corrected chi connectivity index (χ1v) is 8.02. The van der Waals surface area contributed by atoms with Gasteiger partial charge in [-0.1, -0.05) is 23.7 Å². The second kappa shape index (κ2) is 5.66. The van der Waals surface area contributed by atoms with E-state index in [1.165, 1.54) is 34.6 Å². The fourth-order valence-electron chi connectivity index (χ4n) is 2.29. The van der Waals surface area contributed by atoms with Crippen molar-refractivity contribution in [2.75, 3.05) is 0 Å². The van der Waals surface area contributed by atoms with Gasteiger partial charge in [0.15, 0.2) is 5.82 Å². The van der Waals surface area contributed by atoms with E-state index in [9.17, 15) is 10.1 Å². The lowest BCUT2D eigenvalue weighted by Gasteiger charge is -1.97. The standard InChI is InChI=1S/C15H8ClN5O2S/c16-10-3-1-9(2-4-10)12-7-11-14(24-12)15(18-8-17-11)20-6-5-13(19-20)21(22)23/h1-8H. The lowest BCUT2D eigenvalue weighted by molar-refractivity contribution is -0.389. The fourth-order valence-corrected chi connectivity index (χ4v) is 3.52. The van der Waals surface area contributed by atoms with E-state index in [0.717, 1.165) is 20.7 Å². The molecule has 0 amide bonds. The highest BCUT2D eigenvalue weighted by Crippen LogP contribution is 2.35. The van der Waals surface area contributed by atoms with Crippen molar-refractivity contribution in [3.63, 3.8) is 0 Å². The summed E-state index contributed by atoms with van der Waals surface area (Å²) in [5.41, 5.74) is 1.77. The molecule has 0 saturated heterocycles. The highest BCUT2D eigenvalue weighted by atomic mass is 35.5. The first-order valence-electron chi connectivity index (χ1n) is 6.83. The second-order valence-electron chi connectivity index (χ2n) is 4.90. The molecule has 0 spiro atoms. The maximum absolute atomic E-state index is 10.8. The van der Waals surface area contributed by atoms with Crippen molar-refractivity contribution in [1.82, 2.24) is 19.7 Å². The lowest BCUT2D eigenvalue weighted by atomic mass is 10.2. The molecular formula is C15H8ClN5O2S. The van der Waals surface area contributed by atoms with Gasteiger partial charge in [-0.3, -0.25) is 0 Å². The molecule has 4 aromatic rings. The monoisotopic (exact) mass is 357 g/mol. The Kier molecular flexibility index (Phi) is 3.47. The average Bonchev–Trinajstić information content (AvgIpc) is 3.22. The molecule has 0 aliphatic rings. The van der Waals surface area contributed by atoms with Gasteiger partial charge in [-0.15, -0.1) is 16.0 Å². The smallest absolute Gasteiger partial charge is 0.358 e. The van der Waals surface area contributed by atoms with E-state index in [2.05, 4.69) is 15.1 Å². The van der Waals surface area contributed by atoms with E-state index in [4.69, 9.17) is 11.6 Å². The minimum Gasteiger partial charge on any atom is -0.358 e. The van der Waals surface area contributed by atoms with Crippen molar-refractivity contribution in [2.45, 2.75) is 0 Å². The Balaban J connectivity index is 1.85. The molecule has 0 atom stereocenters. The summed E-state index contributed by atoms with van der Waals surface area (Å²) in [6, 6.07) is 10.8. The number of rotatable bonds is 3. The van der Waals surface area contributed by atoms with Crippen LogP contribution >= 0.6 is 22.9 Å². The summed E-state index contributed by atoms with van der Waals surface area (Å²) >= 11 is 7.42. The Bertz CT molecular complexity index is 1060. The topological polar surface area (TPSA) is 86.7 Å². The van der Waals surface area contributed by atoms with Crippen LogP contribution in [0.3, 0.4) is 0 Å². The summed E-state index contributed by atoms with van der Waals surface area (Å²) in [6.07, 6.45) is 2.94. The molecule has 0 aliphatic heterocycles. The highest BCUT2D eigenvalue weighted by Gasteiger charge is 2.17. The van der Waals surface area contributed by atoms with Crippen molar-refractivity contribution in [3.8, 4) is 16.3 Å². The van der Waals surface area contributed by atoms with Crippen LogP contribution in [0.5, 0.6) is 0 Å². The Hall–Kier alpha value is -2.84. The van der Waals surface area contributed by atoms with Crippen LogP contribution in [0.15, 0.2) is 48.9 Å². The summed E-state index contributed by atoms with van der Waals surface area (Å²) in [4.78, 5) is 19.8. The lowest BCUT2D eigenvalue weighted by Crippen LogP contribution is -1.99. The van der Waals surface area contributed by atoms with Gasteiger partial charge < -0.3 is 10.1 Å². The number of halogens is 1. The number of fused-ring (bicyclic) bond motifs is 1. The number of hydrogen-bond donors (Lipinski definition) is 0. The summed E-state index contributed by atoms with van der Waals surface area (Å²) in [5, 5.41) is 15.4. The number of nitro groups is 1. The molecule has 3 heterocycles. The molecule has 118 valence electrons. The van der Waals surface area contributed by atoms with E-state index < -0.39 is 4.92 Å². The molecule has 4 rings (SSSR count). The van der Waals surface area contributed by atoms with Crippen LogP contribution in [0.1, 0.15) is 0 Å². The Morgan fingerprint density at radius 1 is 1.17 bits per heavy atom. The number of benzene rings is 1. The molecule has 24 heavy (non-hydrogen) atoms. The zero-order valence-electron chi connectivity index (χ0n) is 12.0. The third-order valence-corrected chi connectivity index (χ3v) is 4.82. The van der Waals surface area contributed by atoms with Gasteiger partial charge in [0.05, 0.1) is 22.9 Å². The first-order chi connectivity index (χ1) is 11.6. The molecule has 0 bridgehead atoms. The largest absolute Gasteiger partial charge is 0.390 e. The van der Waals surface area contributed by atoms with E-state index >= 15 is 0 Å². The van der Waals surface area contributed by atoms with Crippen molar-refractivity contribution in [1.29, 1.82) is 0 Å². The molecule has 0 aliphatic carbocycles. The van der Waals surface area contributed by atoms with Crippen molar-refractivity contribution >= 4 is 39.0 Å². The van der Waals surface area contributed by atoms with Crippen LogP contribution in [-0.2, 0) is 0 Å². The van der Waals surface area contributed by atoms with Gasteiger partial charge in [-0.25, -0.2) is 9.97 Å². The third-order valence-electron chi connectivity index (χ3n) is 3.40. The van der Waals surface area contributed by atoms with Crippen LogP contribution in [0.25, 0.3) is 26.5 Å². The van der Waals surface area contributed by atoms with Gasteiger partial charge in [0.2, 0.25) is 0 Å². The molecule has 7 nitrogen and oxygen atoms in total. The predicted molar refractivity (Wildman–Crippen MR) is 91.6 cm³/mol. The van der Waals surface area contributed by atoms with Crippen molar-refractivity contribution < 1.29 is 4.92 Å². The maximum atomic E-state index is 10.8. The molecule has 0 unspecified atom stereocenters. The summed E-state index contributed by atoms with van der Waals surface area (Å²) in [5.74, 6) is 0.287. The van der Waals surface area contributed by atoms with Crippen molar-refractivity contribution in [2.24, 2.45) is 0 Å². The summed E-state index contributed by atoms with van der Waals surface area (Å²) in [6.45, 7) is 0. The number of thiophene rings is 1. The molecular weight excluding hydrogens is 350 g/mol. The molecule has 3 aromatic heterocycles. The fraction of sp³-hybridized carbons (Fsp3) is 0. The Morgan fingerprint density at radius 3 is 2.67 bits per heavy atom. The number of nitrogens with zero attached hydrogens (tertiary/aromatic N) is 5. The van der Waals surface area contributed by atoms with Crippen LogP contribution < -0.4 is 0 Å². The minimum absolute atomic E-state index is 0.226. The van der Waals surface area contributed by atoms with Crippen molar-refractivity contribution in [3.05, 3.63) is 64.1 Å². The third kappa shape index (κ3) is 2.51. The average molecular weight is 358 g/mol. The zero-order chi connectivity index (χ0) is 16.7. The minimum atomic E-state index is -0.539. The zero-order valence-corrected chi connectivity index (χ0v) is 13.5. The summed E-state index contributed by atoms with van der Waals surface area (Å²) < 4.78 is 2.20. The summed E-state index contributed by atoms with van der Waals surface area (Å²) in [7, 11) is 0. The molecule has 1 aromatic carbocycles. The molecule has 0 fully saturated rings. The normalized spacial score (nSPS) is 11.0. The quantitative estimate of drug-likeness (QED) is 0.407. The SMILES string of the molecule is O=[N+]([O-])c1ccn(-c2ncnc3cc(-c4ccc(Cl)cc4)sc23)n1. The van der Waals surface area contributed by atoms with Crippen LogP contribution in [-0.4, -0.2) is 24.7 Å². The van der Waals surface area contributed by atoms with Gasteiger partial charge in [-0.05, 0) is 28.7 Å². The van der Waals surface area contributed by atoms with Crippen LogP contribution in [0.4, 0.5) is 5.82 Å². The second-order valence-corrected chi connectivity index (χ2v) is 6.39. The van der Waals surface area contributed by atoms with E-state index in [0.29, 0.717) is 10.8 Å². The van der Waals surface area contributed by atoms with E-state index in [-0.39, 0.29) is 5.82 Å². The van der Waals surface area contributed by atoms with E-state index in [1.807, 2.05) is 30.3 Å². The van der Waals surface area contributed by atoms with Gasteiger partial charge in [-0.2, -0.15) is 0 Å². The first kappa shape index (κ1) is 14.7. The van der Waals surface area contributed by atoms with Gasteiger partial charge >= 0.3 is 5.82 Å². The van der Waals surface area contributed by atoms with E-state index in [1.54, 1.807) is 0 Å². The van der Waals surface area contributed by atoms with Gasteiger partial charge in [0.1, 0.15) is 11.0 Å². The molecule has 9 heteroatoms. The maximum Gasteiger partial charge on any atom is 0.390 e. The van der Waals surface area contributed by atoms with Crippen LogP contribution in [0.2, 0.25) is 5.02 Å². The predicted octanol–water partition coefficient (Wildman–Crippen LogP) is 4.11. The molecule has 0 saturated carbocycles. The van der Waals surface area contributed by atoms with Gasteiger partial charge in [0, 0.05) is 9.90 Å². The number of aromatic nitrogens is 4. The Morgan fingerprint density at radius 2 is 1.96 bits per heavy atom.